The maximum Gasteiger partial charge on any atom is 0.338 e. The fourth-order valence-corrected chi connectivity index (χ4v) is 3.21. The van der Waals surface area contributed by atoms with Crippen LogP contribution < -0.4 is 9.46 Å². The first-order chi connectivity index (χ1) is 12.9. The lowest BCUT2D eigenvalue weighted by molar-refractivity contribution is 0.0450. The van der Waals surface area contributed by atoms with E-state index in [-0.39, 0.29) is 36.6 Å². The molecule has 0 spiro atoms. The van der Waals surface area contributed by atoms with Crippen molar-refractivity contribution in [2.75, 3.05) is 19.8 Å². The van der Waals surface area contributed by atoms with E-state index < -0.39 is 16.0 Å². The highest BCUT2D eigenvalue weighted by molar-refractivity contribution is 7.89. The lowest BCUT2D eigenvalue weighted by atomic mass is 10.2. The number of rotatable bonds is 9. The van der Waals surface area contributed by atoms with Gasteiger partial charge in [0.1, 0.15) is 19.0 Å². The Kier molecular flexibility index (Phi) is 7.34. The van der Waals surface area contributed by atoms with E-state index in [0.717, 1.165) is 11.3 Å². The highest BCUT2D eigenvalue weighted by Crippen LogP contribution is 2.16. The molecule has 0 aliphatic rings. The third kappa shape index (κ3) is 6.09. The van der Waals surface area contributed by atoms with Crippen LogP contribution in [-0.4, -0.2) is 34.1 Å². The summed E-state index contributed by atoms with van der Waals surface area (Å²) >= 11 is 0. The Balaban J connectivity index is 1.85. The molecule has 0 atom stereocenters. The molecule has 8 heteroatoms. The summed E-state index contributed by atoms with van der Waals surface area (Å²) in [6, 6.07) is 14.8. The molecule has 0 bridgehead atoms. The Hall–Kier alpha value is -2.89. The van der Waals surface area contributed by atoms with E-state index in [1.165, 1.54) is 24.3 Å². The van der Waals surface area contributed by atoms with Gasteiger partial charge in [-0.1, -0.05) is 18.2 Å². The van der Waals surface area contributed by atoms with Gasteiger partial charge in [-0.25, -0.2) is 17.9 Å². The van der Waals surface area contributed by atoms with E-state index in [9.17, 15) is 13.2 Å². The van der Waals surface area contributed by atoms with Crippen LogP contribution in [0.2, 0.25) is 0 Å². The zero-order valence-corrected chi connectivity index (χ0v) is 15.7. The van der Waals surface area contributed by atoms with Gasteiger partial charge in [0.15, 0.2) is 0 Å². The average Bonchev–Trinajstić information content (AvgIpc) is 2.66. The quantitative estimate of drug-likeness (QED) is 0.522. The fourth-order valence-electron chi connectivity index (χ4n) is 2.18. The van der Waals surface area contributed by atoms with Gasteiger partial charge >= 0.3 is 5.97 Å². The van der Waals surface area contributed by atoms with E-state index in [0.29, 0.717) is 0 Å². The number of aryl methyl sites for hydroxylation is 1. The normalized spacial score (nSPS) is 10.8. The summed E-state index contributed by atoms with van der Waals surface area (Å²) in [6.07, 6.45) is 0.0776. The molecular weight excluding hydrogens is 368 g/mol. The topological polar surface area (TPSA) is 105 Å². The minimum Gasteiger partial charge on any atom is -0.490 e. The second-order valence-electron chi connectivity index (χ2n) is 5.58. The largest absolute Gasteiger partial charge is 0.490 e. The van der Waals surface area contributed by atoms with Crippen LogP contribution in [0.5, 0.6) is 5.75 Å². The lowest BCUT2D eigenvalue weighted by Gasteiger charge is -2.10. The number of esters is 1. The number of nitrogens with one attached hydrogen (secondary N) is 1. The molecule has 7 nitrogen and oxygen atoms in total. The van der Waals surface area contributed by atoms with Crippen LogP contribution in [0.3, 0.4) is 0 Å². The van der Waals surface area contributed by atoms with E-state index in [1.807, 2.05) is 37.3 Å². The van der Waals surface area contributed by atoms with Gasteiger partial charge in [0.25, 0.3) is 0 Å². The van der Waals surface area contributed by atoms with E-state index in [2.05, 4.69) is 4.72 Å². The Morgan fingerprint density at radius 1 is 1.11 bits per heavy atom. The molecule has 0 heterocycles. The third-order valence-corrected chi connectivity index (χ3v) is 5.07. The third-order valence-electron chi connectivity index (χ3n) is 3.60. The van der Waals surface area contributed by atoms with Crippen LogP contribution in [0.1, 0.15) is 22.3 Å². The van der Waals surface area contributed by atoms with Gasteiger partial charge in [-0.05, 0) is 42.8 Å². The maximum absolute atomic E-state index is 12.0. The lowest BCUT2D eigenvalue weighted by Crippen LogP contribution is -2.24. The summed E-state index contributed by atoms with van der Waals surface area (Å²) < 4.78 is 37.0. The van der Waals surface area contributed by atoms with Crippen molar-refractivity contribution in [1.29, 1.82) is 5.26 Å². The van der Waals surface area contributed by atoms with Gasteiger partial charge in [0.05, 0.1) is 16.5 Å². The van der Waals surface area contributed by atoms with Gasteiger partial charge in [-0.3, -0.25) is 0 Å². The van der Waals surface area contributed by atoms with E-state index in [4.69, 9.17) is 14.7 Å². The number of nitriles is 1. The summed E-state index contributed by atoms with van der Waals surface area (Å²) in [5.41, 5.74) is 1.23. The number of carbonyl (C=O) groups is 1. The van der Waals surface area contributed by atoms with Crippen molar-refractivity contribution in [2.45, 2.75) is 18.2 Å². The van der Waals surface area contributed by atoms with Gasteiger partial charge in [0.2, 0.25) is 10.0 Å². The molecule has 142 valence electrons. The van der Waals surface area contributed by atoms with Crippen molar-refractivity contribution < 1.29 is 22.7 Å². The molecule has 0 aliphatic heterocycles. The molecule has 0 amide bonds. The van der Waals surface area contributed by atoms with Crippen LogP contribution in [0.15, 0.2) is 53.4 Å². The number of benzene rings is 2. The molecular formula is C19H20N2O5S. The number of hydrogen-bond donors (Lipinski definition) is 1. The zero-order valence-electron chi connectivity index (χ0n) is 14.8. The fraction of sp³-hybridized carbons (Fsp3) is 0.263. The van der Waals surface area contributed by atoms with Crippen molar-refractivity contribution in [1.82, 2.24) is 4.72 Å². The highest BCUT2D eigenvalue weighted by atomic mass is 32.2. The van der Waals surface area contributed by atoms with E-state index >= 15 is 0 Å². The molecule has 2 aromatic carbocycles. The second-order valence-corrected chi connectivity index (χ2v) is 7.35. The Bertz CT molecular complexity index is 918. The summed E-state index contributed by atoms with van der Waals surface area (Å²) in [4.78, 5) is 12.0. The molecule has 0 saturated carbocycles. The molecule has 1 N–H and O–H groups in total. The predicted octanol–water partition coefficient (Wildman–Crippen LogP) is 2.42. The monoisotopic (exact) mass is 388 g/mol. The van der Waals surface area contributed by atoms with Crippen molar-refractivity contribution in [3.8, 4) is 11.8 Å². The molecule has 0 radical (unpaired) electrons. The van der Waals surface area contributed by atoms with Crippen LogP contribution in [-0.2, 0) is 14.8 Å². The number of sulfonamides is 1. The van der Waals surface area contributed by atoms with Crippen LogP contribution in [0, 0.1) is 18.3 Å². The van der Waals surface area contributed by atoms with Gasteiger partial charge in [-0.15, -0.1) is 0 Å². The maximum atomic E-state index is 12.0. The van der Waals surface area contributed by atoms with Crippen molar-refractivity contribution in [3.63, 3.8) is 0 Å². The van der Waals surface area contributed by atoms with Gasteiger partial charge < -0.3 is 9.47 Å². The molecule has 2 aromatic rings. The number of hydrogen-bond acceptors (Lipinski definition) is 6. The Morgan fingerprint density at radius 3 is 2.48 bits per heavy atom. The van der Waals surface area contributed by atoms with Crippen LogP contribution in [0.4, 0.5) is 0 Å². The standard InChI is InChI=1S/C19H20N2O5S/c1-15-5-2-3-6-18(15)25-13-14-26-19(22)16-7-9-17(10-8-16)27(23,24)21-12-4-11-20/h2-3,5-10,21H,4,12-14H2,1H3. The SMILES string of the molecule is Cc1ccccc1OCCOC(=O)c1ccc(S(=O)(=O)NCCC#N)cc1. The molecule has 2 rings (SSSR count). The molecule has 0 aliphatic carbocycles. The number of para-hydroxylation sites is 1. The average molecular weight is 388 g/mol. The number of ether oxygens (including phenoxy) is 2. The Morgan fingerprint density at radius 2 is 1.81 bits per heavy atom. The highest BCUT2D eigenvalue weighted by Gasteiger charge is 2.15. The van der Waals surface area contributed by atoms with Gasteiger partial charge in [-0.2, -0.15) is 5.26 Å². The summed E-state index contributed by atoms with van der Waals surface area (Å²) in [5, 5.41) is 8.45. The van der Waals surface area contributed by atoms with Gasteiger partial charge in [0, 0.05) is 13.0 Å². The Labute approximate surface area is 158 Å². The summed E-state index contributed by atoms with van der Waals surface area (Å²) in [5.74, 6) is 0.164. The summed E-state index contributed by atoms with van der Waals surface area (Å²) in [6.45, 7) is 2.24. The molecule has 0 aromatic heterocycles. The molecule has 0 saturated heterocycles. The first-order valence-electron chi connectivity index (χ1n) is 8.26. The first-order valence-corrected chi connectivity index (χ1v) is 9.74. The predicted molar refractivity (Wildman–Crippen MR) is 98.8 cm³/mol. The smallest absolute Gasteiger partial charge is 0.338 e. The molecule has 0 unspecified atom stereocenters. The first kappa shape index (κ1) is 20.4. The molecule has 0 fully saturated rings. The van der Waals surface area contributed by atoms with Crippen molar-refractivity contribution in [2.24, 2.45) is 0 Å². The minimum absolute atomic E-state index is 0.0138. The van der Waals surface area contributed by atoms with Crippen molar-refractivity contribution >= 4 is 16.0 Å². The van der Waals surface area contributed by atoms with E-state index in [1.54, 1.807) is 0 Å². The van der Waals surface area contributed by atoms with Crippen LogP contribution >= 0.6 is 0 Å². The summed E-state index contributed by atoms with van der Waals surface area (Å²) in [7, 11) is -3.70. The molecule has 27 heavy (non-hydrogen) atoms. The van der Waals surface area contributed by atoms with Crippen LogP contribution in [0.25, 0.3) is 0 Å². The zero-order chi connectivity index (χ0) is 19.7. The number of carbonyl (C=O) groups excluding carboxylic acids is 1. The second kappa shape index (κ2) is 9.71. The number of nitrogens with zero attached hydrogens (tertiary/aromatic N) is 1. The minimum atomic E-state index is -3.70. The van der Waals surface area contributed by atoms with Crippen molar-refractivity contribution in [3.05, 3.63) is 59.7 Å².